The number of carbonyl (C=O) groups excluding carboxylic acids is 1. The molecule has 5 nitrogen and oxygen atoms in total. The predicted octanol–water partition coefficient (Wildman–Crippen LogP) is 3.42. The van der Waals surface area contributed by atoms with Crippen LogP contribution >= 0.6 is 0 Å². The molecule has 1 heterocycles. The fourth-order valence-corrected chi connectivity index (χ4v) is 2.61. The van der Waals surface area contributed by atoms with Crippen LogP contribution in [0.5, 0.6) is 0 Å². The molecule has 0 amide bonds. The van der Waals surface area contributed by atoms with Crippen molar-refractivity contribution in [3.63, 3.8) is 0 Å². The quantitative estimate of drug-likeness (QED) is 0.791. The maximum atomic E-state index is 11.7. The van der Waals surface area contributed by atoms with Gasteiger partial charge in [-0.25, -0.2) is 0 Å². The van der Waals surface area contributed by atoms with Gasteiger partial charge in [-0.15, -0.1) is 0 Å². The number of ether oxygens (including phenoxy) is 1. The van der Waals surface area contributed by atoms with Crippen molar-refractivity contribution in [2.24, 2.45) is 5.41 Å². The molecule has 0 bridgehead atoms. The van der Waals surface area contributed by atoms with Gasteiger partial charge in [0.15, 0.2) is 5.82 Å². The summed E-state index contributed by atoms with van der Waals surface area (Å²) in [7, 11) is 0. The van der Waals surface area contributed by atoms with Crippen molar-refractivity contribution >= 4 is 5.97 Å². The summed E-state index contributed by atoms with van der Waals surface area (Å²) >= 11 is 0. The van der Waals surface area contributed by atoms with Gasteiger partial charge in [0, 0.05) is 5.92 Å². The van der Waals surface area contributed by atoms with Gasteiger partial charge < -0.3 is 9.26 Å². The van der Waals surface area contributed by atoms with Crippen LogP contribution in [0.2, 0.25) is 0 Å². The summed E-state index contributed by atoms with van der Waals surface area (Å²) in [5.74, 6) is 0.661. The van der Waals surface area contributed by atoms with Gasteiger partial charge in [0.05, 0.1) is 6.61 Å². The summed E-state index contributed by atoms with van der Waals surface area (Å²) in [5, 5.41) is 4.06. The molecule has 0 radical (unpaired) electrons. The molecule has 1 aliphatic carbocycles. The van der Waals surface area contributed by atoms with E-state index in [-0.39, 0.29) is 5.97 Å². The molecule has 0 aliphatic heterocycles. The average molecular weight is 280 g/mol. The summed E-state index contributed by atoms with van der Waals surface area (Å²) in [5.41, 5.74) is 0.418. The Bertz CT molecular complexity index is 457. The van der Waals surface area contributed by atoms with Crippen molar-refractivity contribution in [1.82, 2.24) is 10.1 Å². The number of aromatic nitrogens is 2. The molecule has 1 atom stereocenters. The van der Waals surface area contributed by atoms with Crippen LogP contribution in [-0.2, 0) is 9.53 Å². The zero-order valence-electron chi connectivity index (χ0n) is 12.8. The van der Waals surface area contributed by atoms with E-state index >= 15 is 0 Å². The first-order chi connectivity index (χ1) is 9.43. The lowest BCUT2D eigenvalue weighted by atomic mass is 9.73. The Balaban J connectivity index is 2.01. The molecule has 0 saturated heterocycles. The monoisotopic (exact) mass is 280 g/mol. The first kappa shape index (κ1) is 15.0. The van der Waals surface area contributed by atoms with Crippen LogP contribution in [0.3, 0.4) is 0 Å². The number of hydrogen-bond donors (Lipinski definition) is 0. The van der Waals surface area contributed by atoms with Gasteiger partial charge in [0.25, 0.3) is 0 Å². The van der Waals surface area contributed by atoms with E-state index < -0.39 is 5.92 Å². The summed E-state index contributed by atoms with van der Waals surface area (Å²) in [6.07, 6.45) is 4.52. The van der Waals surface area contributed by atoms with E-state index in [1.165, 1.54) is 12.8 Å². The fourth-order valence-electron chi connectivity index (χ4n) is 2.61. The van der Waals surface area contributed by atoms with E-state index in [0.29, 0.717) is 23.8 Å². The standard InChI is InChI=1S/C15H24N2O3/c1-5-19-14(18)10(2)13-16-12(17-20-13)11-6-8-15(3,4)9-7-11/h10-11H,5-9H2,1-4H3. The van der Waals surface area contributed by atoms with Crippen molar-refractivity contribution in [2.75, 3.05) is 6.61 Å². The molecular formula is C15H24N2O3. The highest BCUT2D eigenvalue weighted by Gasteiger charge is 2.31. The fraction of sp³-hybridized carbons (Fsp3) is 0.800. The van der Waals surface area contributed by atoms with E-state index in [1.54, 1.807) is 13.8 Å². The van der Waals surface area contributed by atoms with Crippen molar-refractivity contribution in [1.29, 1.82) is 0 Å². The summed E-state index contributed by atoms with van der Waals surface area (Å²) < 4.78 is 10.2. The Labute approximate surface area is 120 Å². The number of rotatable bonds is 4. The molecular weight excluding hydrogens is 256 g/mol. The zero-order valence-corrected chi connectivity index (χ0v) is 12.8. The Hall–Kier alpha value is -1.39. The zero-order chi connectivity index (χ0) is 14.8. The normalized spacial score (nSPS) is 20.6. The molecule has 1 aromatic rings. The van der Waals surface area contributed by atoms with Crippen LogP contribution in [0.1, 0.15) is 76.9 Å². The van der Waals surface area contributed by atoms with E-state index in [1.807, 2.05) is 0 Å². The maximum absolute atomic E-state index is 11.7. The van der Waals surface area contributed by atoms with Gasteiger partial charge in [-0.05, 0) is 44.9 Å². The van der Waals surface area contributed by atoms with Crippen molar-refractivity contribution < 1.29 is 14.1 Å². The van der Waals surface area contributed by atoms with E-state index in [0.717, 1.165) is 18.7 Å². The van der Waals surface area contributed by atoms with E-state index in [9.17, 15) is 4.79 Å². The maximum Gasteiger partial charge on any atom is 0.318 e. The van der Waals surface area contributed by atoms with E-state index in [2.05, 4.69) is 24.0 Å². The first-order valence-corrected chi connectivity index (χ1v) is 7.43. The van der Waals surface area contributed by atoms with Gasteiger partial charge in [-0.2, -0.15) is 4.98 Å². The first-order valence-electron chi connectivity index (χ1n) is 7.43. The molecule has 1 saturated carbocycles. The van der Waals surface area contributed by atoms with E-state index in [4.69, 9.17) is 9.26 Å². The smallest absolute Gasteiger partial charge is 0.318 e. The van der Waals surface area contributed by atoms with Crippen LogP contribution in [0.4, 0.5) is 0 Å². The Kier molecular flexibility index (Phi) is 4.45. The van der Waals surface area contributed by atoms with Crippen LogP contribution in [0.25, 0.3) is 0 Å². The van der Waals surface area contributed by atoms with Crippen LogP contribution in [-0.4, -0.2) is 22.7 Å². The van der Waals surface area contributed by atoms with Gasteiger partial charge in [-0.1, -0.05) is 19.0 Å². The molecule has 1 fully saturated rings. The molecule has 1 aliphatic rings. The minimum absolute atomic E-state index is 0.313. The minimum atomic E-state index is -0.490. The Morgan fingerprint density at radius 3 is 2.70 bits per heavy atom. The topological polar surface area (TPSA) is 65.2 Å². The van der Waals surface area contributed by atoms with Crippen LogP contribution in [0.15, 0.2) is 4.52 Å². The highest BCUT2D eigenvalue weighted by Crippen LogP contribution is 2.41. The number of esters is 1. The molecule has 2 rings (SSSR count). The number of carbonyl (C=O) groups is 1. The third-order valence-electron chi connectivity index (χ3n) is 4.17. The molecule has 112 valence electrons. The SMILES string of the molecule is CCOC(=O)C(C)c1nc(C2CCC(C)(C)CC2)no1. The van der Waals surface area contributed by atoms with Gasteiger partial charge in [0.2, 0.25) is 5.89 Å². The van der Waals surface area contributed by atoms with Gasteiger partial charge in [0.1, 0.15) is 5.92 Å². The van der Waals surface area contributed by atoms with Crippen molar-refractivity contribution in [3.05, 3.63) is 11.7 Å². The van der Waals surface area contributed by atoms with Crippen LogP contribution in [0, 0.1) is 5.41 Å². The highest BCUT2D eigenvalue weighted by molar-refractivity contribution is 5.76. The molecule has 1 aromatic heterocycles. The molecule has 20 heavy (non-hydrogen) atoms. The molecule has 1 unspecified atom stereocenters. The van der Waals surface area contributed by atoms with Gasteiger partial charge in [-0.3, -0.25) is 4.79 Å². The van der Waals surface area contributed by atoms with Gasteiger partial charge >= 0.3 is 5.97 Å². The largest absolute Gasteiger partial charge is 0.465 e. The summed E-state index contributed by atoms with van der Waals surface area (Å²) in [4.78, 5) is 16.1. The summed E-state index contributed by atoms with van der Waals surface area (Å²) in [6.45, 7) is 8.48. The third-order valence-corrected chi connectivity index (χ3v) is 4.17. The molecule has 0 spiro atoms. The Morgan fingerprint density at radius 2 is 2.10 bits per heavy atom. The lowest BCUT2D eigenvalue weighted by Crippen LogP contribution is -2.20. The van der Waals surface area contributed by atoms with Crippen molar-refractivity contribution in [2.45, 2.75) is 65.2 Å². The molecule has 5 heteroatoms. The second-order valence-electron chi connectivity index (χ2n) is 6.40. The minimum Gasteiger partial charge on any atom is -0.465 e. The third kappa shape index (κ3) is 3.38. The second-order valence-corrected chi connectivity index (χ2v) is 6.40. The number of nitrogens with zero attached hydrogens (tertiary/aromatic N) is 2. The lowest BCUT2D eigenvalue weighted by Gasteiger charge is -2.32. The highest BCUT2D eigenvalue weighted by atomic mass is 16.5. The van der Waals surface area contributed by atoms with Crippen LogP contribution < -0.4 is 0 Å². The molecule has 0 aromatic carbocycles. The lowest BCUT2D eigenvalue weighted by molar-refractivity contribution is -0.145. The average Bonchev–Trinajstić information content (AvgIpc) is 2.87. The van der Waals surface area contributed by atoms with Crippen molar-refractivity contribution in [3.8, 4) is 0 Å². The predicted molar refractivity (Wildman–Crippen MR) is 74.3 cm³/mol. The second kappa shape index (κ2) is 5.94. The summed E-state index contributed by atoms with van der Waals surface area (Å²) in [6, 6.07) is 0. The molecule has 0 N–H and O–H groups in total. The number of hydrogen-bond acceptors (Lipinski definition) is 5. The Morgan fingerprint density at radius 1 is 1.45 bits per heavy atom.